The summed E-state index contributed by atoms with van der Waals surface area (Å²) in [6, 6.07) is 5.15. The molecule has 0 amide bonds. The van der Waals surface area contributed by atoms with Crippen LogP contribution < -0.4 is 0 Å². The molecule has 0 N–H and O–H groups in total. The zero-order valence-electron chi connectivity index (χ0n) is 57.6. The van der Waals surface area contributed by atoms with Gasteiger partial charge in [-0.05, 0) is 338 Å². The Bertz CT molecular complexity index is 1880. The fourth-order valence-corrected chi connectivity index (χ4v) is 26.3. The van der Waals surface area contributed by atoms with Crippen LogP contribution in [0.1, 0.15) is 347 Å². The molecule has 0 aromatic carbocycles. The highest BCUT2D eigenvalue weighted by Gasteiger charge is 2.58. The Labute approximate surface area is 544 Å². The minimum Gasteiger partial charge on any atom is -0.294 e. The van der Waals surface area contributed by atoms with Crippen LogP contribution in [-0.2, 0) is 0 Å². The van der Waals surface area contributed by atoms with E-state index in [9.17, 15) is 0 Å². The van der Waals surface area contributed by atoms with Crippen LogP contribution in [0.4, 0.5) is 0 Å². The first-order valence-electron chi connectivity index (χ1n) is 41.9. The molecule has 14 rings (SSSR count). The standard InChI is InChI=1S/C86H140N2/c1-5-17-63(18-6-1)29-33-67-37-49-75(50-38-67)87(76-51-39-68(40-52-76)34-30-64-19-7-2-8-20-64)79-57-45-71(46-58-79)85-81-27-15-16-28-82(81)86(84-62-74-26-14-13-25-73(74)61-83(84)85)72-47-59-80(60-48-72)88(77-53-41-69(42-54-77)35-31-65-21-9-3-10-22-65)78-55-43-70(44-56-78)36-32-66-23-11-4-12-24-66/h29-36,63-86H,1-28,37-62H2. The van der Waals surface area contributed by atoms with Gasteiger partial charge in [0.1, 0.15) is 0 Å². The van der Waals surface area contributed by atoms with Crippen LogP contribution in [0.25, 0.3) is 0 Å². The maximum Gasteiger partial charge on any atom is 0.0102 e. The lowest BCUT2D eigenvalue weighted by Gasteiger charge is -2.63. The van der Waals surface area contributed by atoms with E-state index in [-0.39, 0.29) is 0 Å². The Balaban J connectivity index is 0.654. The fraction of sp³-hybridized carbons (Fsp3) is 0.907. The number of allylic oxidation sites excluding steroid dienone is 8. The van der Waals surface area contributed by atoms with E-state index in [4.69, 9.17) is 0 Å². The molecule has 0 saturated heterocycles. The number of hydrogen-bond donors (Lipinski definition) is 0. The Morgan fingerprint density at radius 3 is 0.614 bits per heavy atom. The van der Waals surface area contributed by atoms with Crippen molar-refractivity contribution in [2.45, 2.75) is 383 Å². The van der Waals surface area contributed by atoms with Gasteiger partial charge >= 0.3 is 0 Å². The molecule has 0 bridgehead atoms. The first-order chi connectivity index (χ1) is 43.6. The lowest BCUT2D eigenvalue weighted by molar-refractivity contribution is -0.138. The zero-order valence-corrected chi connectivity index (χ0v) is 57.6. The van der Waals surface area contributed by atoms with Crippen LogP contribution in [0, 0.1) is 107 Å². The summed E-state index contributed by atoms with van der Waals surface area (Å²) in [6.45, 7) is 0. The molecular weight excluding hydrogens is 1060 g/mol. The molecule has 0 radical (unpaired) electrons. The van der Waals surface area contributed by atoms with Gasteiger partial charge in [-0.25, -0.2) is 0 Å². The molecule has 2 heteroatoms. The Kier molecular flexibility index (Phi) is 23.4. The van der Waals surface area contributed by atoms with E-state index in [1.165, 1.54) is 231 Å². The van der Waals surface area contributed by atoms with Crippen molar-refractivity contribution in [1.29, 1.82) is 0 Å². The molecule has 14 saturated carbocycles. The van der Waals surface area contributed by atoms with E-state index in [1.54, 1.807) is 116 Å². The van der Waals surface area contributed by atoms with Crippen molar-refractivity contribution in [3.05, 3.63) is 48.6 Å². The molecule has 494 valence electrons. The minimum absolute atomic E-state index is 0.854. The second-order valence-electron chi connectivity index (χ2n) is 35.8. The highest BCUT2D eigenvalue weighted by atomic mass is 15.2. The van der Waals surface area contributed by atoms with Crippen molar-refractivity contribution in [3.63, 3.8) is 0 Å². The van der Waals surface area contributed by atoms with Crippen molar-refractivity contribution in [3.8, 4) is 0 Å². The van der Waals surface area contributed by atoms with Gasteiger partial charge in [-0.15, -0.1) is 0 Å². The topological polar surface area (TPSA) is 6.48 Å². The van der Waals surface area contributed by atoms with Crippen LogP contribution in [0.2, 0.25) is 0 Å². The third kappa shape index (κ3) is 16.1. The average Bonchev–Trinajstić information content (AvgIpc) is 1.51. The summed E-state index contributed by atoms with van der Waals surface area (Å²) in [5.74, 6) is 17.6. The van der Waals surface area contributed by atoms with Gasteiger partial charge in [-0.1, -0.05) is 164 Å². The molecule has 8 atom stereocenters. The van der Waals surface area contributed by atoms with Crippen molar-refractivity contribution >= 4 is 0 Å². The van der Waals surface area contributed by atoms with Gasteiger partial charge in [0.15, 0.2) is 0 Å². The summed E-state index contributed by atoms with van der Waals surface area (Å²) in [7, 11) is 0. The fourth-order valence-electron chi connectivity index (χ4n) is 26.3. The third-order valence-corrected chi connectivity index (χ3v) is 30.9. The second kappa shape index (κ2) is 32.1. The maximum atomic E-state index is 3.38. The normalized spacial score (nSPS) is 43.8. The van der Waals surface area contributed by atoms with E-state index in [0.717, 1.165) is 143 Å². The molecular formula is C86H140N2. The van der Waals surface area contributed by atoms with E-state index < -0.39 is 0 Å². The predicted octanol–water partition coefficient (Wildman–Crippen LogP) is 24.4. The van der Waals surface area contributed by atoms with Gasteiger partial charge in [0.25, 0.3) is 0 Å². The van der Waals surface area contributed by atoms with E-state index >= 15 is 0 Å². The highest BCUT2D eigenvalue weighted by Crippen LogP contribution is 2.65. The largest absolute Gasteiger partial charge is 0.294 e. The highest BCUT2D eigenvalue weighted by molar-refractivity contribution is 5.09. The SMILES string of the molecule is C(=CC1CCC(N(C2CCC(C=CC3CCCCC3)CC2)C2CCC(C3C4CCCCC4C(C4CCC(N(C5CCC(C=CC6CCCCC6)CC5)C5CCC(C=CC6CCCCC6)CC5)CC4)C4CC5CCCCC5CC43)CC2)CC1)C1CCCCC1. The number of nitrogens with zero attached hydrogens (tertiary/aromatic N) is 2. The average molecular weight is 1200 g/mol. The lowest BCUT2D eigenvalue weighted by Crippen LogP contribution is -2.57. The van der Waals surface area contributed by atoms with Gasteiger partial charge in [-0.3, -0.25) is 9.80 Å². The molecule has 8 unspecified atom stereocenters. The summed E-state index contributed by atoms with van der Waals surface area (Å²) in [6.07, 6.45) is 104. The van der Waals surface area contributed by atoms with Gasteiger partial charge in [0, 0.05) is 36.3 Å². The smallest absolute Gasteiger partial charge is 0.0102 e. The van der Waals surface area contributed by atoms with Crippen LogP contribution >= 0.6 is 0 Å². The molecule has 0 heterocycles. The van der Waals surface area contributed by atoms with E-state index in [1.807, 2.05) is 0 Å². The quantitative estimate of drug-likeness (QED) is 0.142. The maximum absolute atomic E-state index is 3.38. The third-order valence-electron chi connectivity index (χ3n) is 30.9. The van der Waals surface area contributed by atoms with Gasteiger partial charge < -0.3 is 0 Å². The van der Waals surface area contributed by atoms with Crippen LogP contribution in [0.15, 0.2) is 48.6 Å². The molecule has 0 aromatic rings. The summed E-state index contributed by atoms with van der Waals surface area (Å²) >= 11 is 0. The summed E-state index contributed by atoms with van der Waals surface area (Å²) in [5.41, 5.74) is 0. The number of fused-ring (bicyclic) bond motifs is 3. The summed E-state index contributed by atoms with van der Waals surface area (Å²) < 4.78 is 0. The van der Waals surface area contributed by atoms with Gasteiger partial charge in [-0.2, -0.15) is 0 Å². The van der Waals surface area contributed by atoms with Crippen molar-refractivity contribution in [2.75, 3.05) is 0 Å². The van der Waals surface area contributed by atoms with Crippen LogP contribution in [0.5, 0.6) is 0 Å². The molecule has 14 fully saturated rings. The van der Waals surface area contributed by atoms with Crippen LogP contribution in [0.3, 0.4) is 0 Å². The molecule has 88 heavy (non-hydrogen) atoms. The number of hydrogen-bond acceptors (Lipinski definition) is 2. The van der Waals surface area contributed by atoms with Crippen molar-refractivity contribution in [1.82, 2.24) is 9.80 Å². The second-order valence-corrected chi connectivity index (χ2v) is 35.8. The van der Waals surface area contributed by atoms with Crippen molar-refractivity contribution in [2.24, 2.45) is 107 Å². The first kappa shape index (κ1) is 64.2. The molecule has 0 spiro atoms. The molecule has 14 aliphatic rings. The Hall–Kier alpha value is -1.12. The Morgan fingerprint density at radius 2 is 0.364 bits per heavy atom. The molecule has 2 nitrogen and oxygen atoms in total. The van der Waals surface area contributed by atoms with Gasteiger partial charge in [0.05, 0.1) is 0 Å². The summed E-state index contributed by atoms with van der Waals surface area (Å²) in [4.78, 5) is 6.77. The predicted molar refractivity (Wildman–Crippen MR) is 375 cm³/mol. The molecule has 0 aliphatic heterocycles. The summed E-state index contributed by atoms with van der Waals surface area (Å²) in [5, 5.41) is 0. The lowest BCUT2D eigenvalue weighted by atomic mass is 9.43. The van der Waals surface area contributed by atoms with E-state index in [0.29, 0.717) is 0 Å². The molecule has 14 aliphatic carbocycles. The van der Waals surface area contributed by atoms with E-state index in [2.05, 4.69) is 58.4 Å². The molecule has 0 aromatic heterocycles. The van der Waals surface area contributed by atoms with Gasteiger partial charge in [0.2, 0.25) is 0 Å². The first-order valence-corrected chi connectivity index (χ1v) is 41.9. The monoisotopic (exact) mass is 1200 g/mol. The van der Waals surface area contributed by atoms with Crippen LogP contribution in [-0.4, -0.2) is 46.1 Å². The minimum atomic E-state index is 0.854. The zero-order chi connectivity index (χ0) is 58.9. The Morgan fingerprint density at radius 1 is 0.159 bits per heavy atom. The number of rotatable bonds is 16. The van der Waals surface area contributed by atoms with Crippen molar-refractivity contribution < 1.29 is 0 Å².